The van der Waals surface area contributed by atoms with Gasteiger partial charge in [0, 0.05) is 22.4 Å². The molecule has 1 aliphatic rings. The van der Waals surface area contributed by atoms with E-state index in [1.165, 1.54) is 5.56 Å². The van der Waals surface area contributed by atoms with Gasteiger partial charge >= 0.3 is 0 Å². The summed E-state index contributed by atoms with van der Waals surface area (Å²) in [4.78, 5) is 0. The molecule has 3 heteroatoms. The van der Waals surface area contributed by atoms with Crippen LogP contribution in [0.1, 0.15) is 38.7 Å². The second-order valence-corrected chi connectivity index (χ2v) is 6.45. The first-order valence-electron chi connectivity index (χ1n) is 7.17. The zero-order chi connectivity index (χ0) is 14.0. The van der Waals surface area contributed by atoms with Crippen LogP contribution in [0.5, 0.6) is 5.75 Å². The largest absolute Gasteiger partial charge is 0.489 e. The lowest BCUT2D eigenvalue weighted by Gasteiger charge is -2.55. The third-order valence-corrected chi connectivity index (χ3v) is 5.36. The van der Waals surface area contributed by atoms with Gasteiger partial charge in [0.1, 0.15) is 11.9 Å². The molecule has 1 aromatic rings. The molecule has 1 N–H and O–H groups in total. The molecule has 0 amide bonds. The van der Waals surface area contributed by atoms with Crippen molar-refractivity contribution in [2.24, 2.45) is 5.41 Å². The molecule has 0 aromatic heterocycles. The van der Waals surface area contributed by atoms with Crippen LogP contribution in [0.15, 0.2) is 22.7 Å². The molecule has 0 bridgehead atoms. The van der Waals surface area contributed by atoms with Crippen molar-refractivity contribution in [2.75, 3.05) is 7.05 Å². The number of rotatable bonds is 5. The van der Waals surface area contributed by atoms with Crippen molar-refractivity contribution >= 4 is 15.9 Å². The van der Waals surface area contributed by atoms with E-state index in [1.807, 2.05) is 0 Å². The third-order valence-electron chi connectivity index (χ3n) is 4.87. The number of benzene rings is 1. The van der Waals surface area contributed by atoms with Crippen molar-refractivity contribution < 1.29 is 4.74 Å². The maximum atomic E-state index is 6.32. The molecular formula is C16H24BrNO. The van der Waals surface area contributed by atoms with Gasteiger partial charge in [-0.1, -0.05) is 35.8 Å². The number of nitrogens with one attached hydrogen (secondary N) is 1. The molecule has 0 spiro atoms. The average molecular weight is 326 g/mol. The van der Waals surface area contributed by atoms with E-state index in [0.717, 1.165) is 29.5 Å². The van der Waals surface area contributed by atoms with Crippen LogP contribution in [-0.2, 0) is 0 Å². The first-order chi connectivity index (χ1) is 9.07. The van der Waals surface area contributed by atoms with Gasteiger partial charge in [-0.2, -0.15) is 0 Å². The predicted octanol–water partition coefficient (Wildman–Crippen LogP) is 4.30. The summed E-state index contributed by atoms with van der Waals surface area (Å²) in [6.45, 7) is 6.66. The molecule has 0 saturated heterocycles. The van der Waals surface area contributed by atoms with E-state index in [1.54, 1.807) is 0 Å². The van der Waals surface area contributed by atoms with Gasteiger partial charge in [0.25, 0.3) is 0 Å². The van der Waals surface area contributed by atoms with E-state index in [4.69, 9.17) is 4.74 Å². The van der Waals surface area contributed by atoms with E-state index in [2.05, 4.69) is 67.3 Å². The van der Waals surface area contributed by atoms with Crippen LogP contribution in [0.25, 0.3) is 0 Å². The molecule has 1 saturated carbocycles. The molecule has 2 unspecified atom stereocenters. The maximum Gasteiger partial charge on any atom is 0.123 e. The zero-order valence-corrected chi connectivity index (χ0v) is 13.9. The SMILES string of the molecule is CCC1(CC)C(NC)CC1Oc1cc(Br)ccc1C. The minimum Gasteiger partial charge on any atom is -0.489 e. The van der Waals surface area contributed by atoms with Gasteiger partial charge in [0.15, 0.2) is 0 Å². The molecule has 0 heterocycles. The highest BCUT2D eigenvalue weighted by atomic mass is 79.9. The minimum absolute atomic E-state index is 0.281. The third kappa shape index (κ3) is 2.55. The van der Waals surface area contributed by atoms with Crippen LogP contribution in [-0.4, -0.2) is 19.2 Å². The summed E-state index contributed by atoms with van der Waals surface area (Å²) in [5, 5.41) is 3.45. The van der Waals surface area contributed by atoms with Crippen LogP contribution in [0.3, 0.4) is 0 Å². The monoisotopic (exact) mass is 325 g/mol. The molecule has 1 aliphatic carbocycles. The van der Waals surface area contributed by atoms with Crippen molar-refractivity contribution in [3.63, 3.8) is 0 Å². The number of aryl methyl sites for hydroxylation is 1. The highest BCUT2D eigenvalue weighted by Crippen LogP contribution is 2.49. The van der Waals surface area contributed by atoms with Gasteiger partial charge in [-0.25, -0.2) is 0 Å². The maximum absolute atomic E-state index is 6.32. The Labute approximate surface area is 125 Å². The second-order valence-electron chi connectivity index (χ2n) is 5.53. The van der Waals surface area contributed by atoms with E-state index < -0.39 is 0 Å². The Balaban J connectivity index is 2.17. The van der Waals surface area contributed by atoms with Crippen LogP contribution >= 0.6 is 15.9 Å². The lowest BCUT2D eigenvalue weighted by molar-refractivity contribution is -0.0838. The number of ether oxygens (including phenoxy) is 1. The summed E-state index contributed by atoms with van der Waals surface area (Å²) in [6, 6.07) is 6.83. The summed E-state index contributed by atoms with van der Waals surface area (Å²) < 4.78 is 7.40. The Hall–Kier alpha value is -0.540. The predicted molar refractivity (Wildman–Crippen MR) is 83.8 cm³/mol. The molecule has 2 rings (SSSR count). The fraction of sp³-hybridized carbons (Fsp3) is 0.625. The van der Waals surface area contributed by atoms with Gasteiger partial charge in [-0.15, -0.1) is 0 Å². The lowest BCUT2D eigenvalue weighted by Crippen LogP contribution is -2.63. The zero-order valence-electron chi connectivity index (χ0n) is 12.3. The second kappa shape index (κ2) is 5.84. The summed E-state index contributed by atoms with van der Waals surface area (Å²) in [6.07, 6.45) is 3.75. The van der Waals surface area contributed by atoms with Crippen LogP contribution < -0.4 is 10.1 Å². The van der Waals surface area contributed by atoms with Crippen LogP contribution in [0.4, 0.5) is 0 Å². The molecule has 2 atom stereocenters. The Morgan fingerprint density at radius 3 is 2.63 bits per heavy atom. The fourth-order valence-electron chi connectivity index (χ4n) is 3.37. The topological polar surface area (TPSA) is 21.3 Å². The molecule has 2 nitrogen and oxygen atoms in total. The van der Waals surface area contributed by atoms with Crippen molar-refractivity contribution in [3.8, 4) is 5.75 Å². The molecular weight excluding hydrogens is 302 g/mol. The van der Waals surface area contributed by atoms with Gasteiger partial charge in [-0.3, -0.25) is 0 Å². The van der Waals surface area contributed by atoms with Crippen molar-refractivity contribution in [1.29, 1.82) is 0 Å². The normalized spacial score (nSPS) is 24.9. The van der Waals surface area contributed by atoms with E-state index in [9.17, 15) is 0 Å². The van der Waals surface area contributed by atoms with Crippen LogP contribution in [0, 0.1) is 12.3 Å². The summed E-state index contributed by atoms with van der Waals surface area (Å²) in [7, 11) is 2.06. The van der Waals surface area contributed by atoms with E-state index >= 15 is 0 Å². The summed E-state index contributed by atoms with van der Waals surface area (Å²) in [5.74, 6) is 1.01. The van der Waals surface area contributed by atoms with E-state index in [0.29, 0.717) is 12.1 Å². The fourth-order valence-corrected chi connectivity index (χ4v) is 3.71. The Morgan fingerprint density at radius 2 is 2.05 bits per heavy atom. The lowest BCUT2D eigenvalue weighted by atomic mass is 9.58. The molecule has 0 radical (unpaired) electrons. The van der Waals surface area contributed by atoms with E-state index in [-0.39, 0.29) is 5.41 Å². The van der Waals surface area contributed by atoms with Crippen molar-refractivity contribution in [1.82, 2.24) is 5.32 Å². The summed E-state index contributed by atoms with van der Waals surface area (Å²) in [5.41, 5.74) is 1.49. The summed E-state index contributed by atoms with van der Waals surface area (Å²) >= 11 is 3.52. The molecule has 19 heavy (non-hydrogen) atoms. The minimum atomic E-state index is 0.281. The first kappa shape index (κ1) is 14.9. The Morgan fingerprint density at radius 1 is 1.37 bits per heavy atom. The van der Waals surface area contributed by atoms with Gasteiger partial charge < -0.3 is 10.1 Å². The van der Waals surface area contributed by atoms with Gasteiger partial charge in [0.05, 0.1) is 0 Å². The smallest absolute Gasteiger partial charge is 0.123 e. The standard InChI is InChI=1S/C16H24BrNO/c1-5-16(6-2)14(18-4)10-15(16)19-13-9-12(17)8-7-11(13)3/h7-9,14-15,18H,5-6,10H2,1-4H3. The Kier molecular flexibility index (Phi) is 4.57. The van der Waals surface area contributed by atoms with Crippen LogP contribution in [0.2, 0.25) is 0 Å². The average Bonchev–Trinajstić information content (AvgIpc) is 2.39. The molecule has 0 aliphatic heterocycles. The molecule has 1 aromatic carbocycles. The van der Waals surface area contributed by atoms with Crippen molar-refractivity contribution in [2.45, 2.75) is 52.2 Å². The quantitative estimate of drug-likeness (QED) is 0.871. The number of hydrogen-bond acceptors (Lipinski definition) is 2. The first-order valence-corrected chi connectivity index (χ1v) is 7.96. The van der Waals surface area contributed by atoms with Gasteiger partial charge in [0.2, 0.25) is 0 Å². The van der Waals surface area contributed by atoms with Crippen molar-refractivity contribution in [3.05, 3.63) is 28.2 Å². The number of hydrogen-bond donors (Lipinski definition) is 1. The highest BCUT2D eigenvalue weighted by Gasteiger charge is 2.53. The Bertz CT molecular complexity index is 442. The molecule has 106 valence electrons. The van der Waals surface area contributed by atoms with Gasteiger partial charge in [-0.05, 0) is 44.5 Å². The highest BCUT2D eigenvalue weighted by molar-refractivity contribution is 9.10. The number of halogens is 1. The molecule has 1 fully saturated rings.